The van der Waals surface area contributed by atoms with Crippen LogP contribution in [0.15, 0.2) is 36.4 Å². The van der Waals surface area contributed by atoms with Gasteiger partial charge in [0.1, 0.15) is 11.5 Å². The summed E-state index contributed by atoms with van der Waals surface area (Å²) in [6.45, 7) is 4.26. The van der Waals surface area contributed by atoms with Crippen molar-refractivity contribution >= 4 is 0 Å². The summed E-state index contributed by atoms with van der Waals surface area (Å²) in [7, 11) is 0. The molecule has 1 aliphatic carbocycles. The van der Waals surface area contributed by atoms with E-state index in [0.717, 1.165) is 17.5 Å². The molecule has 0 fully saturated rings. The molecule has 0 heterocycles. The molecule has 0 unspecified atom stereocenters. The lowest BCUT2D eigenvalue weighted by atomic mass is 9.69. The Hall–Kier alpha value is -1.96. The van der Waals surface area contributed by atoms with Gasteiger partial charge in [0.05, 0.1) is 0 Å². The van der Waals surface area contributed by atoms with Crippen molar-refractivity contribution in [3.63, 3.8) is 0 Å². The lowest BCUT2D eigenvalue weighted by Crippen LogP contribution is -2.26. The Morgan fingerprint density at radius 3 is 1.72 bits per heavy atom. The molecular formula is C16H16O2. The summed E-state index contributed by atoms with van der Waals surface area (Å²) in [5.74, 6) is 0.593. The van der Waals surface area contributed by atoms with Gasteiger partial charge in [-0.1, -0.05) is 26.0 Å². The van der Waals surface area contributed by atoms with Crippen LogP contribution in [0, 0.1) is 0 Å². The second-order valence-electron chi connectivity index (χ2n) is 5.48. The highest BCUT2D eigenvalue weighted by atomic mass is 16.3. The highest BCUT2D eigenvalue weighted by Gasteiger charge is 2.32. The first-order chi connectivity index (χ1) is 8.48. The predicted octanol–water partition coefficient (Wildman–Crippen LogP) is 3.33. The molecule has 2 heteroatoms. The summed E-state index contributed by atoms with van der Waals surface area (Å²) in [5.41, 5.74) is 4.58. The fourth-order valence-corrected chi connectivity index (χ4v) is 2.95. The standard InChI is InChI=1S/C16H16O2/c1-16(2)14-8-12(17)5-3-10(14)7-11-4-6-13(18)9-15(11)16/h3-6,8-9,17-18H,7H2,1-2H3. The second kappa shape index (κ2) is 3.52. The minimum atomic E-state index is -0.194. The molecule has 0 radical (unpaired) electrons. The van der Waals surface area contributed by atoms with Crippen LogP contribution in [0.5, 0.6) is 11.5 Å². The summed E-state index contributed by atoms with van der Waals surface area (Å²) in [5, 5.41) is 19.3. The molecule has 2 aromatic carbocycles. The fourth-order valence-electron chi connectivity index (χ4n) is 2.95. The predicted molar refractivity (Wildman–Crippen MR) is 71.1 cm³/mol. The molecule has 92 valence electrons. The normalized spacial score (nSPS) is 15.9. The van der Waals surface area contributed by atoms with E-state index in [9.17, 15) is 10.2 Å². The molecule has 0 spiro atoms. The molecule has 2 nitrogen and oxygen atoms in total. The topological polar surface area (TPSA) is 40.5 Å². The number of aromatic hydroxyl groups is 2. The maximum atomic E-state index is 9.67. The quantitative estimate of drug-likeness (QED) is 0.741. The number of phenols is 2. The van der Waals surface area contributed by atoms with Gasteiger partial charge in [-0.25, -0.2) is 0 Å². The lowest BCUT2D eigenvalue weighted by molar-refractivity contribution is 0.467. The monoisotopic (exact) mass is 240 g/mol. The van der Waals surface area contributed by atoms with E-state index in [1.54, 1.807) is 12.1 Å². The van der Waals surface area contributed by atoms with E-state index in [4.69, 9.17) is 0 Å². The highest BCUT2D eigenvalue weighted by molar-refractivity contribution is 5.55. The van der Waals surface area contributed by atoms with Crippen molar-refractivity contribution < 1.29 is 10.2 Å². The Labute approximate surface area is 107 Å². The van der Waals surface area contributed by atoms with Gasteiger partial charge >= 0.3 is 0 Å². The Morgan fingerprint density at radius 2 is 1.28 bits per heavy atom. The Kier molecular flexibility index (Phi) is 2.18. The zero-order valence-electron chi connectivity index (χ0n) is 10.6. The Morgan fingerprint density at radius 1 is 0.833 bits per heavy atom. The van der Waals surface area contributed by atoms with Crippen LogP contribution in [0.25, 0.3) is 0 Å². The van der Waals surface area contributed by atoms with Gasteiger partial charge in [0.25, 0.3) is 0 Å². The number of rotatable bonds is 0. The van der Waals surface area contributed by atoms with Gasteiger partial charge in [0.15, 0.2) is 0 Å². The number of fused-ring (bicyclic) bond motifs is 2. The van der Waals surface area contributed by atoms with E-state index in [2.05, 4.69) is 13.8 Å². The van der Waals surface area contributed by atoms with Crippen molar-refractivity contribution in [2.75, 3.05) is 0 Å². The van der Waals surface area contributed by atoms with E-state index in [1.807, 2.05) is 24.3 Å². The molecular weight excluding hydrogens is 224 g/mol. The first-order valence-electron chi connectivity index (χ1n) is 6.13. The van der Waals surface area contributed by atoms with E-state index in [0.29, 0.717) is 11.5 Å². The first-order valence-corrected chi connectivity index (χ1v) is 6.13. The Bertz CT molecular complexity index is 573. The van der Waals surface area contributed by atoms with Gasteiger partial charge in [-0.2, -0.15) is 0 Å². The highest BCUT2D eigenvalue weighted by Crippen LogP contribution is 2.43. The smallest absolute Gasteiger partial charge is 0.115 e. The lowest BCUT2D eigenvalue weighted by Gasteiger charge is -2.35. The first kappa shape index (κ1) is 11.1. The fraction of sp³-hybridized carbons (Fsp3) is 0.250. The van der Waals surface area contributed by atoms with Crippen molar-refractivity contribution in [3.05, 3.63) is 58.7 Å². The van der Waals surface area contributed by atoms with Crippen molar-refractivity contribution in [3.8, 4) is 11.5 Å². The van der Waals surface area contributed by atoms with Gasteiger partial charge in [0, 0.05) is 5.41 Å². The van der Waals surface area contributed by atoms with Gasteiger partial charge in [-0.15, -0.1) is 0 Å². The number of hydrogen-bond acceptors (Lipinski definition) is 2. The number of benzene rings is 2. The van der Waals surface area contributed by atoms with Crippen molar-refractivity contribution in [1.29, 1.82) is 0 Å². The van der Waals surface area contributed by atoms with Gasteiger partial charge in [-0.3, -0.25) is 0 Å². The third kappa shape index (κ3) is 1.49. The van der Waals surface area contributed by atoms with Crippen molar-refractivity contribution in [2.24, 2.45) is 0 Å². The minimum absolute atomic E-state index is 0.194. The van der Waals surface area contributed by atoms with Crippen LogP contribution in [0.3, 0.4) is 0 Å². The summed E-state index contributed by atoms with van der Waals surface area (Å²) < 4.78 is 0. The van der Waals surface area contributed by atoms with E-state index >= 15 is 0 Å². The van der Waals surface area contributed by atoms with Crippen LogP contribution in [0.1, 0.15) is 36.1 Å². The van der Waals surface area contributed by atoms with Crippen LogP contribution in [0.2, 0.25) is 0 Å². The molecule has 3 rings (SSSR count). The van der Waals surface area contributed by atoms with E-state index < -0.39 is 0 Å². The average molecular weight is 240 g/mol. The molecule has 0 bridgehead atoms. The third-order valence-electron chi connectivity index (χ3n) is 3.91. The summed E-state index contributed by atoms with van der Waals surface area (Å²) >= 11 is 0. The SMILES string of the molecule is CC1(C)c2cc(O)ccc2Cc2ccc(O)cc21. The van der Waals surface area contributed by atoms with E-state index in [1.165, 1.54) is 11.1 Å². The summed E-state index contributed by atoms with van der Waals surface area (Å²) in [6.07, 6.45) is 0.856. The molecule has 0 atom stereocenters. The molecule has 2 aromatic rings. The summed E-state index contributed by atoms with van der Waals surface area (Å²) in [4.78, 5) is 0. The summed E-state index contributed by atoms with van der Waals surface area (Å²) in [6, 6.07) is 11.1. The molecule has 1 aliphatic rings. The molecule has 18 heavy (non-hydrogen) atoms. The van der Waals surface area contributed by atoms with E-state index in [-0.39, 0.29) is 5.41 Å². The van der Waals surface area contributed by atoms with Crippen LogP contribution in [-0.4, -0.2) is 10.2 Å². The molecule has 0 aromatic heterocycles. The van der Waals surface area contributed by atoms with Gasteiger partial charge in [-0.05, 0) is 52.9 Å². The maximum absolute atomic E-state index is 9.67. The maximum Gasteiger partial charge on any atom is 0.115 e. The number of phenolic OH excluding ortho intramolecular Hbond substituents is 2. The molecule has 0 amide bonds. The van der Waals surface area contributed by atoms with Crippen molar-refractivity contribution in [1.82, 2.24) is 0 Å². The molecule has 0 saturated heterocycles. The van der Waals surface area contributed by atoms with Gasteiger partial charge < -0.3 is 10.2 Å². The minimum Gasteiger partial charge on any atom is -0.508 e. The molecule has 0 aliphatic heterocycles. The Balaban J connectivity index is 2.27. The van der Waals surface area contributed by atoms with Crippen LogP contribution in [0.4, 0.5) is 0 Å². The molecule has 2 N–H and O–H groups in total. The average Bonchev–Trinajstić information content (AvgIpc) is 2.32. The molecule has 0 saturated carbocycles. The largest absolute Gasteiger partial charge is 0.508 e. The zero-order chi connectivity index (χ0) is 12.9. The third-order valence-corrected chi connectivity index (χ3v) is 3.91. The van der Waals surface area contributed by atoms with Crippen molar-refractivity contribution in [2.45, 2.75) is 25.7 Å². The van der Waals surface area contributed by atoms with Crippen LogP contribution >= 0.6 is 0 Å². The zero-order valence-corrected chi connectivity index (χ0v) is 10.6. The van der Waals surface area contributed by atoms with Crippen LogP contribution < -0.4 is 0 Å². The number of hydrogen-bond donors (Lipinski definition) is 2. The van der Waals surface area contributed by atoms with Crippen LogP contribution in [-0.2, 0) is 11.8 Å². The van der Waals surface area contributed by atoms with Gasteiger partial charge in [0.2, 0.25) is 0 Å². The second-order valence-corrected chi connectivity index (χ2v) is 5.48.